The summed E-state index contributed by atoms with van der Waals surface area (Å²) in [6.07, 6.45) is 1.29. The lowest BCUT2D eigenvalue weighted by atomic mass is 10.2. The molecular weight excluding hydrogens is 235 g/mol. The highest BCUT2D eigenvalue weighted by molar-refractivity contribution is 5.87. The number of nitrogens with one attached hydrogen (secondary N) is 1. The summed E-state index contributed by atoms with van der Waals surface area (Å²) in [5.41, 5.74) is 1.06. The van der Waals surface area contributed by atoms with Crippen molar-refractivity contribution in [1.82, 2.24) is 4.98 Å². The minimum atomic E-state index is -1.01. The summed E-state index contributed by atoms with van der Waals surface area (Å²) in [6, 6.07) is 9.19. The Morgan fingerprint density at radius 2 is 1.94 bits per heavy atom. The normalized spacial score (nSPS) is 10.1. The lowest BCUT2D eigenvalue weighted by Gasteiger charge is -2.05. The Hall–Kier alpha value is -2.43. The molecule has 0 spiro atoms. The molecule has 0 bridgehead atoms. The summed E-state index contributed by atoms with van der Waals surface area (Å²) in [6.45, 7) is 0.500. The minimum absolute atomic E-state index is 0.141. The number of nitrogens with zero attached hydrogens (tertiary/aromatic N) is 1. The number of carboxylic acids is 1. The molecule has 18 heavy (non-hydrogen) atoms. The molecule has 1 aromatic carbocycles. The van der Waals surface area contributed by atoms with Gasteiger partial charge in [-0.1, -0.05) is 12.1 Å². The van der Waals surface area contributed by atoms with Gasteiger partial charge in [0.2, 0.25) is 0 Å². The molecule has 4 nitrogen and oxygen atoms in total. The third kappa shape index (κ3) is 3.04. The van der Waals surface area contributed by atoms with E-state index in [9.17, 15) is 9.18 Å². The van der Waals surface area contributed by atoms with Gasteiger partial charge in [0, 0.05) is 12.7 Å². The highest BCUT2D eigenvalue weighted by Crippen LogP contribution is 2.08. The number of benzene rings is 1. The number of hydrogen-bond donors (Lipinski definition) is 2. The van der Waals surface area contributed by atoms with Crippen molar-refractivity contribution in [2.75, 3.05) is 5.32 Å². The van der Waals surface area contributed by atoms with Gasteiger partial charge < -0.3 is 10.4 Å². The van der Waals surface area contributed by atoms with Crippen molar-refractivity contribution in [3.05, 3.63) is 59.5 Å². The molecule has 0 saturated heterocycles. The fourth-order valence-electron chi connectivity index (χ4n) is 1.42. The molecule has 1 heterocycles. The van der Waals surface area contributed by atoms with Gasteiger partial charge in [-0.25, -0.2) is 14.2 Å². The molecule has 0 aliphatic rings. The second kappa shape index (κ2) is 5.27. The largest absolute Gasteiger partial charge is 0.478 e. The number of rotatable bonds is 4. The quantitative estimate of drug-likeness (QED) is 0.870. The maximum atomic E-state index is 12.7. The van der Waals surface area contributed by atoms with Crippen LogP contribution in [0.15, 0.2) is 42.6 Å². The van der Waals surface area contributed by atoms with E-state index < -0.39 is 5.97 Å². The molecule has 5 heteroatoms. The van der Waals surface area contributed by atoms with Crippen molar-refractivity contribution in [2.45, 2.75) is 6.54 Å². The Bertz CT molecular complexity index is 538. The van der Waals surface area contributed by atoms with Crippen LogP contribution in [-0.2, 0) is 6.54 Å². The average molecular weight is 246 g/mol. The molecule has 0 unspecified atom stereocenters. The van der Waals surface area contributed by atoms with Crippen molar-refractivity contribution in [2.24, 2.45) is 0 Å². The highest BCUT2D eigenvalue weighted by Gasteiger charge is 2.02. The van der Waals surface area contributed by atoms with Gasteiger partial charge >= 0.3 is 5.97 Å². The van der Waals surface area contributed by atoms with Crippen molar-refractivity contribution in [3.8, 4) is 0 Å². The molecule has 0 amide bonds. The molecule has 2 aromatic rings. The van der Waals surface area contributed by atoms with E-state index in [4.69, 9.17) is 5.11 Å². The van der Waals surface area contributed by atoms with E-state index in [1.807, 2.05) is 0 Å². The van der Waals surface area contributed by atoms with Gasteiger partial charge in [0.15, 0.2) is 0 Å². The lowest BCUT2D eigenvalue weighted by molar-refractivity contribution is 0.0696. The van der Waals surface area contributed by atoms with E-state index >= 15 is 0 Å². The Morgan fingerprint density at radius 3 is 2.50 bits per heavy atom. The zero-order chi connectivity index (χ0) is 13.0. The summed E-state index contributed by atoms with van der Waals surface area (Å²) < 4.78 is 12.7. The Balaban J connectivity index is 1.97. The van der Waals surface area contributed by atoms with Crippen molar-refractivity contribution in [3.63, 3.8) is 0 Å². The van der Waals surface area contributed by atoms with Crippen LogP contribution in [0, 0.1) is 5.82 Å². The van der Waals surface area contributed by atoms with E-state index in [2.05, 4.69) is 10.3 Å². The predicted octanol–water partition coefficient (Wildman–Crippen LogP) is 2.53. The lowest BCUT2D eigenvalue weighted by Crippen LogP contribution is -2.03. The second-order valence-corrected chi connectivity index (χ2v) is 3.72. The van der Waals surface area contributed by atoms with Crippen molar-refractivity contribution < 1.29 is 14.3 Å². The first-order valence-corrected chi connectivity index (χ1v) is 5.33. The molecule has 92 valence electrons. The Labute approximate surface area is 103 Å². The van der Waals surface area contributed by atoms with Crippen LogP contribution in [0.25, 0.3) is 0 Å². The van der Waals surface area contributed by atoms with Crippen LogP contribution in [0.4, 0.5) is 10.2 Å². The van der Waals surface area contributed by atoms with E-state index in [1.165, 1.54) is 24.4 Å². The average Bonchev–Trinajstić information content (AvgIpc) is 2.38. The number of anilines is 1. The summed E-state index contributed by atoms with van der Waals surface area (Å²) in [4.78, 5) is 14.6. The van der Waals surface area contributed by atoms with Gasteiger partial charge in [-0.05, 0) is 29.8 Å². The van der Waals surface area contributed by atoms with E-state index in [1.54, 1.807) is 18.2 Å². The van der Waals surface area contributed by atoms with Crippen LogP contribution < -0.4 is 5.32 Å². The topological polar surface area (TPSA) is 62.2 Å². The molecule has 2 rings (SSSR count). The second-order valence-electron chi connectivity index (χ2n) is 3.72. The molecule has 1 aromatic heterocycles. The fourth-order valence-corrected chi connectivity index (χ4v) is 1.42. The zero-order valence-corrected chi connectivity index (χ0v) is 9.43. The minimum Gasteiger partial charge on any atom is -0.478 e. The number of aromatic carboxylic acids is 1. The van der Waals surface area contributed by atoms with Crippen LogP contribution in [0.2, 0.25) is 0 Å². The predicted molar refractivity (Wildman–Crippen MR) is 64.9 cm³/mol. The van der Waals surface area contributed by atoms with Crippen LogP contribution in [0.1, 0.15) is 15.9 Å². The Morgan fingerprint density at radius 1 is 1.22 bits per heavy atom. The third-order valence-corrected chi connectivity index (χ3v) is 2.40. The van der Waals surface area contributed by atoms with Crippen molar-refractivity contribution >= 4 is 11.8 Å². The highest BCUT2D eigenvalue weighted by atomic mass is 19.1. The van der Waals surface area contributed by atoms with Gasteiger partial charge in [-0.2, -0.15) is 0 Å². The van der Waals surface area contributed by atoms with Gasteiger partial charge in [0.1, 0.15) is 11.6 Å². The summed E-state index contributed by atoms with van der Waals surface area (Å²) in [5, 5.41) is 11.7. The molecule has 2 N–H and O–H groups in total. The van der Waals surface area contributed by atoms with Crippen LogP contribution in [-0.4, -0.2) is 16.1 Å². The maximum absolute atomic E-state index is 12.7. The molecule has 0 fully saturated rings. The molecule has 0 saturated carbocycles. The van der Waals surface area contributed by atoms with Crippen LogP contribution >= 0.6 is 0 Å². The first-order chi connectivity index (χ1) is 8.65. The number of hydrogen-bond acceptors (Lipinski definition) is 3. The van der Waals surface area contributed by atoms with Gasteiger partial charge in [0.05, 0.1) is 5.56 Å². The molecule has 0 radical (unpaired) electrons. The van der Waals surface area contributed by atoms with E-state index in [-0.39, 0.29) is 11.4 Å². The number of carbonyl (C=O) groups is 1. The standard InChI is InChI=1S/C13H11FN2O2/c14-11-4-1-9(2-5-11)7-15-12-6-3-10(8-16-12)13(17)18/h1-6,8H,7H2,(H,15,16)(H,17,18). The SMILES string of the molecule is O=C(O)c1ccc(NCc2ccc(F)cc2)nc1. The summed E-state index contributed by atoms with van der Waals surface area (Å²) in [5.74, 6) is -0.709. The van der Waals surface area contributed by atoms with Gasteiger partial charge in [0.25, 0.3) is 0 Å². The Kier molecular flexibility index (Phi) is 3.52. The monoisotopic (exact) mass is 246 g/mol. The third-order valence-electron chi connectivity index (χ3n) is 2.40. The van der Waals surface area contributed by atoms with Gasteiger partial charge in [-0.15, -0.1) is 0 Å². The summed E-state index contributed by atoms with van der Waals surface area (Å²) >= 11 is 0. The fraction of sp³-hybridized carbons (Fsp3) is 0.0769. The maximum Gasteiger partial charge on any atom is 0.337 e. The number of halogens is 1. The van der Waals surface area contributed by atoms with Crippen molar-refractivity contribution in [1.29, 1.82) is 0 Å². The van der Waals surface area contributed by atoms with Crippen LogP contribution in [0.5, 0.6) is 0 Å². The first kappa shape index (κ1) is 12.0. The molecular formula is C13H11FN2O2. The summed E-state index contributed by atoms with van der Waals surface area (Å²) in [7, 11) is 0. The number of carboxylic acid groups (broad SMARTS) is 1. The zero-order valence-electron chi connectivity index (χ0n) is 9.43. The smallest absolute Gasteiger partial charge is 0.337 e. The molecule has 0 atom stereocenters. The van der Waals surface area contributed by atoms with Gasteiger partial charge in [-0.3, -0.25) is 0 Å². The molecule has 0 aliphatic heterocycles. The van der Waals surface area contributed by atoms with E-state index in [0.717, 1.165) is 5.56 Å². The van der Waals surface area contributed by atoms with Crippen LogP contribution in [0.3, 0.4) is 0 Å². The van der Waals surface area contributed by atoms with E-state index in [0.29, 0.717) is 12.4 Å². The first-order valence-electron chi connectivity index (χ1n) is 5.33. The number of pyridine rings is 1. The molecule has 0 aliphatic carbocycles. The number of aromatic nitrogens is 1.